The molecule has 2 aliphatic rings. The van der Waals surface area contributed by atoms with Crippen LogP contribution in [0.1, 0.15) is 28.8 Å². The molecule has 31 heavy (non-hydrogen) atoms. The van der Waals surface area contributed by atoms with Crippen LogP contribution in [0.2, 0.25) is 0 Å². The number of nitrogens with one attached hydrogen (secondary N) is 1. The Kier molecular flexibility index (Phi) is 5.30. The summed E-state index contributed by atoms with van der Waals surface area (Å²) in [4.78, 5) is 0. The monoisotopic (exact) mass is 430 g/mol. The van der Waals surface area contributed by atoms with Crippen molar-refractivity contribution in [3.63, 3.8) is 0 Å². The Hall–Kier alpha value is -2.67. The maximum absolute atomic E-state index is 13.2. The van der Waals surface area contributed by atoms with Crippen LogP contribution in [0.15, 0.2) is 36.4 Å². The van der Waals surface area contributed by atoms with Gasteiger partial charge in [-0.15, -0.1) is 0 Å². The van der Waals surface area contributed by atoms with E-state index in [1.54, 1.807) is 0 Å². The van der Waals surface area contributed by atoms with E-state index in [2.05, 4.69) is 16.0 Å². The first kappa shape index (κ1) is 20.2. The number of fused-ring (bicyclic) bond motifs is 3. The minimum atomic E-state index is -4.44. The molecule has 5 rings (SSSR count). The van der Waals surface area contributed by atoms with Crippen molar-refractivity contribution in [3.05, 3.63) is 58.8 Å². The van der Waals surface area contributed by atoms with Crippen LogP contribution in [0.5, 0.6) is 11.5 Å². The average Bonchev–Trinajstić information content (AvgIpc) is 2.91. The third-order valence-corrected chi connectivity index (χ3v) is 6.18. The van der Waals surface area contributed by atoms with Crippen LogP contribution in [0.4, 0.5) is 13.2 Å². The van der Waals surface area contributed by atoms with Gasteiger partial charge in [-0.2, -0.15) is 13.2 Å². The van der Waals surface area contributed by atoms with Crippen molar-refractivity contribution in [3.8, 4) is 11.5 Å². The van der Waals surface area contributed by atoms with Crippen molar-refractivity contribution in [1.29, 1.82) is 0 Å². The highest BCUT2D eigenvalue weighted by molar-refractivity contribution is 5.94. The fraction of sp³-hybridized carbons (Fsp3) is 0.417. The summed E-state index contributed by atoms with van der Waals surface area (Å²) in [7, 11) is 0. The summed E-state index contributed by atoms with van der Waals surface area (Å²) in [5.41, 5.74) is 4.61. The third-order valence-electron chi connectivity index (χ3n) is 6.18. The van der Waals surface area contributed by atoms with Crippen LogP contribution < -0.4 is 14.8 Å². The Morgan fingerprint density at radius 1 is 0.903 bits per heavy atom. The van der Waals surface area contributed by atoms with Gasteiger partial charge in [-0.1, -0.05) is 18.2 Å². The first-order valence-electron chi connectivity index (χ1n) is 10.8. The molecule has 164 valence electrons. The summed E-state index contributed by atoms with van der Waals surface area (Å²) in [6, 6.07) is 9.41. The minimum Gasteiger partial charge on any atom is -0.489 e. The fourth-order valence-corrected chi connectivity index (χ4v) is 4.88. The van der Waals surface area contributed by atoms with Gasteiger partial charge in [0.25, 0.3) is 0 Å². The number of para-hydroxylation sites is 1. The fourth-order valence-electron chi connectivity index (χ4n) is 4.88. The molecule has 3 aromatic rings. The molecule has 0 saturated heterocycles. The Bertz CT molecular complexity index is 1100. The molecule has 0 spiro atoms. The second-order valence-electron chi connectivity index (χ2n) is 8.07. The van der Waals surface area contributed by atoms with E-state index in [-0.39, 0.29) is 19.0 Å². The van der Waals surface area contributed by atoms with Crippen molar-refractivity contribution in [2.75, 3.05) is 26.3 Å². The first-order valence-corrected chi connectivity index (χ1v) is 10.8. The standard InChI is InChI=1S/C24H25F3N2O2/c25-24(26,27)18-5-1-2-6-20(18)30-14-15-31-21-8-7-16-4-3-13-29-19-10-12-28-11-9-17(19)22(21)23(16)29/h1-2,5-8,28H,3-4,9-15H2. The summed E-state index contributed by atoms with van der Waals surface area (Å²) in [5, 5.41) is 4.64. The van der Waals surface area contributed by atoms with Gasteiger partial charge in [0.15, 0.2) is 0 Å². The lowest BCUT2D eigenvalue weighted by molar-refractivity contribution is -0.139. The van der Waals surface area contributed by atoms with Crippen LogP contribution in [0.25, 0.3) is 10.9 Å². The Morgan fingerprint density at radius 3 is 2.52 bits per heavy atom. The van der Waals surface area contributed by atoms with Gasteiger partial charge < -0.3 is 19.4 Å². The normalized spacial score (nSPS) is 16.1. The Balaban J connectivity index is 1.38. The number of nitrogens with zero attached hydrogens (tertiary/aromatic N) is 1. The van der Waals surface area contributed by atoms with E-state index in [0.717, 1.165) is 57.1 Å². The van der Waals surface area contributed by atoms with Crippen LogP contribution in [-0.2, 0) is 32.0 Å². The quantitative estimate of drug-likeness (QED) is 0.594. The molecule has 3 heterocycles. The summed E-state index contributed by atoms with van der Waals surface area (Å²) in [6.45, 7) is 3.16. The highest BCUT2D eigenvalue weighted by Crippen LogP contribution is 2.40. The van der Waals surface area contributed by atoms with E-state index in [4.69, 9.17) is 9.47 Å². The van der Waals surface area contributed by atoms with Crippen molar-refractivity contribution < 1.29 is 22.6 Å². The zero-order chi connectivity index (χ0) is 21.4. The topological polar surface area (TPSA) is 35.4 Å². The second-order valence-corrected chi connectivity index (χ2v) is 8.07. The number of hydrogen-bond acceptors (Lipinski definition) is 3. The van der Waals surface area contributed by atoms with E-state index in [1.807, 2.05) is 6.07 Å². The van der Waals surface area contributed by atoms with E-state index in [9.17, 15) is 13.2 Å². The number of aromatic nitrogens is 1. The largest absolute Gasteiger partial charge is 0.489 e. The summed E-state index contributed by atoms with van der Waals surface area (Å²) in [6.07, 6.45) is -0.283. The van der Waals surface area contributed by atoms with Gasteiger partial charge in [0.2, 0.25) is 0 Å². The molecule has 7 heteroatoms. The maximum Gasteiger partial charge on any atom is 0.419 e. The number of benzene rings is 2. The third kappa shape index (κ3) is 3.76. The van der Waals surface area contributed by atoms with Crippen molar-refractivity contribution in [1.82, 2.24) is 9.88 Å². The van der Waals surface area contributed by atoms with Crippen molar-refractivity contribution in [2.45, 2.75) is 38.4 Å². The first-order chi connectivity index (χ1) is 15.0. The molecule has 0 atom stereocenters. The predicted molar refractivity (Wildman–Crippen MR) is 113 cm³/mol. The molecule has 2 aliphatic heterocycles. The van der Waals surface area contributed by atoms with Crippen LogP contribution in [0.3, 0.4) is 0 Å². The number of aryl methyl sites for hydroxylation is 2. The number of rotatable bonds is 5. The highest BCUT2D eigenvalue weighted by Gasteiger charge is 2.34. The van der Waals surface area contributed by atoms with Crippen molar-refractivity contribution in [2.24, 2.45) is 0 Å². The van der Waals surface area contributed by atoms with Gasteiger partial charge in [0.05, 0.1) is 11.1 Å². The van der Waals surface area contributed by atoms with E-state index < -0.39 is 11.7 Å². The number of halogens is 3. The van der Waals surface area contributed by atoms with E-state index in [0.29, 0.717) is 0 Å². The summed E-state index contributed by atoms with van der Waals surface area (Å²) in [5.74, 6) is 0.629. The summed E-state index contributed by atoms with van der Waals surface area (Å²) < 4.78 is 53.4. The van der Waals surface area contributed by atoms with Gasteiger partial charge in [-0.05, 0) is 55.1 Å². The van der Waals surface area contributed by atoms with E-state index >= 15 is 0 Å². The van der Waals surface area contributed by atoms with Crippen molar-refractivity contribution >= 4 is 10.9 Å². The van der Waals surface area contributed by atoms with Gasteiger partial charge in [-0.25, -0.2) is 0 Å². The van der Waals surface area contributed by atoms with E-state index in [1.165, 1.54) is 45.9 Å². The molecule has 0 saturated carbocycles. The molecule has 2 aromatic carbocycles. The summed E-state index contributed by atoms with van der Waals surface area (Å²) >= 11 is 0. The molecule has 0 unspecified atom stereocenters. The lowest BCUT2D eigenvalue weighted by Gasteiger charge is -2.19. The van der Waals surface area contributed by atoms with Crippen LogP contribution in [-0.4, -0.2) is 30.9 Å². The molecule has 0 bridgehead atoms. The highest BCUT2D eigenvalue weighted by atomic mass is 19.4. The molecule has 1 N–H and O–H groups in total. The SMILES string of the molecule is FC(F)(F)c1ccccc1OCCOc1ccc2c3c1c1c(n3CCC2)CCNCC1. The molecule has 1 aromatic heterocycles. The van der Waals surface area contributed by atoms with Crippen LogP contribution >= 0.6 is 0 Å². The Morgan fingerprint density at radius 2 is 1.68 bits per heavy atom. The average molecular weight is 430 g/mol. The molecule has 0 amide bonds. The minimum absolute atomic E-state index is 0.0425. The molecule has 0 radical (unpaired) electrons. The molecule has 4 nitrogen and oxygen atoms in total. The molecular formula is C24H25F3N2O2. The molecular weight excluding hydrogens is 405 g/mol. The lowest BCUT2D eigenvalue weighted by Crippen LogP contribution is -2.18. The predicted octanol–water partition coefficient (Wildman–Crippen LogP) is 4.75. The number of alkyl halides is 3. The smallest absolute Gasteiger partial charge is 0.419 e. The van der Waals surface area contributed by atoms with Gasteiger partial charge in [0, 0.05) is 30.6 Å². The number of ether oxygens (including phenoxy) is 2. The van der Waals surface area contributed by atoms with Gasteiger partial charge in [-0.3, -0.25) is 0 Å². The second kappa shape index (κ2) is 8.11. The molecule has 0 fully saturated rings. The number of hydrogen-bond donors (Lipinski definition) is 1. The molecule has 0 aliphatic carbocycles. The zero-order valence-corrected chi connectivity index (χ0v) is 17.2. The van der Waals surface area contributed by atoms with Gasteiger partial charge in [0.1, 0.15) is 24.7 Å². The maximum atomic E-state index is 13.2. The van der Waals surface area contributed by atoms with Crippen LogP contribution in [0, 0.1) is 0 Å². The van der Waals surface area contributed by atoms with Gasteiger partial charge >= 0.3 is 6.18 Å². The Labute approximate surface area is 179 Å². The zero-order valence-electron chi connectivity index (χ0n) is 17.2. The lowest BCUT2D eigenvalue weighted by atomic mass is 10.0.